The van der Waals surface area contributed by atoms with E-state index >= 15 is 0 Å². The van der Waals surface area contributed by atoms with Crippen LogP contribution in [0.3, 0.4) is 0 Å². The molecule has 0 aliphatic carbocycles. The van der Waals surface area contributed by atoms with E-state index in [1.165, 1.54) is 12.1 Å². The molecule has 5 aromatic rings. The second-order valence-electron chi connectivity index (χ2n) is 7.32. The topological polar surface area (TPSA) is 74.0 Å². The minimum atomic E-state index is -0.358. The van der Waals surface area contributed by atoms with E-state index in [9.17, 15) is 4.39 Å². The predicted molar refractivity (Wildman–Crippen MR) is 128 cm³/mol. The summed E-state index contributed by atoms with van der Waals surface area (Å²) in [6.45, 7) is 7.65. The third-order valence-corrected chi connectivity index (χ3v) is 5.59. The molecule has 0 radical (unpaired) electrons. The van der Waals surface area contributed by atoms with Crippen LogP contribution in [-0.2, 0) is 5.88 Å². The van der Waals surface area contributed by atoms with Gasteiger partial charge in [0.15, 0.2) is 11.5 Å². The van der Waals surface area contributed by atoms with Crippen molar-refractivity contribution in [2.75, 3.05) is 5.73 Å². The monoisotopic (exact) mass is 454 g/mol. The van der Waals surface area contributed by atoms with Gasteiger partial charge in [-0.2, -0.15) is 0 Å². The van der Waals surface area contributed by atoms with Crippen LogP contribution >= 0.6 is 11.6 Å². The number of benzene rings is 2. The maximum Gasteiger partial charge on any atom is 0.215 e. The van der Waals surface area contributed by atoms with Gasteiger partial charge in [0.2, 0.25) is 5.69 Å². The molecule has 160 valence electrons. The Kier molecular flexibility index (Phi) is 5.21. The summed E-state index contributed by atoms with van der Waals surface area (Å²) in [4.78, 5) is 17.4. The van der Waals surface area contributed by atoms with Gasteiger partial charge in [-0.1, -0.05) is 24.3 Å². The number of imidazole rings is 1. The van der Waals surface area contributed by atoms with Crippen molar-refractivity contribution in [1.82, 2.24) is 19.5 Å². The van der Waals surface area contributed by atoms with E-state index in [-0.39, 0.29) is 5.82 Å². The molecule has 3 heterocycles. The first-order chi connectivity index (χ1) is 16.1. The molecule has 0 spiro atoms. The van der Waals surface area contributed by atoms with Crippen molar-refractivity contribution in [2.45, 2.75) is 5.88 Å². The molecule has 33 heavy (non-hydrogen) atoms. The van der Waals surface area contributed by atoms with Crippen LogP contribution in [0.4, 0.5) is 15.9 Å². The van der Waals surface area contributed by atoms with Gasteiger partial charge in [-0.15, -0.1) is 11.6 Å². The fourth-order valence-electron chi connectivity index (χ4n) is 3.67. The highest BCUT2D eigenvalue weighted by molar-refractivity contribution is 6.17. The average molecular weight is 455 g/mol. The number of hydrogen-bond acceptors (Lipinski definition) is 4. The Morgan fingerprint density at radius 2 is 1.79 bits per heavy atom. The van der Waals surface area contributed by atoms with Crippen LogP contribution in [0.25, 0.3) is 44.3 Å². The Hall–Kier alpha value is -4.28. The summed E-state index contributed by atoms with van der Waals surface area (Å²) in [5, 5.41) is 0. The molecule has 0 bridgehead atoms. The molecular weight excluding hydrogens is 439 g/mol. The molecule has 6 nitrogen and oxygen atoms in total. The smallest absolute Gasteiger partial charge is 0.215 e. The van der Waals surface area contributed by atoms with Gasteiger partial charge in [0, 0.05) is 17.8 Å². The third-order valence-electron chi connectivity index (χ3n) is 5.28. The lowest BCUT2D eigenvalue weighted by Gasteiger charge is -2.11. The quantitative estimate of drug-likeness (QED) is 0.260. The van der Waals surface area contributed by atoms with Gasteiger partial charge in [0.25, 0.3) is 0 Å². The van der Waals surface area contributed by atoms with Crippen molar-refractivity contribution in [1.29, 1.82) is 0 Å². The molecule has 5 rings (SSSR count). The summed E-state index contributed by atoms with van der Waals surface area (Å²) >= 11 is 5.97. The molecule has 0 aliphatic rings. The van der Waals surface area contributed by atoms with Crippen LogP contribution in [0.5, 0.6) is 0 Å². The zero-order chi connectivity index (χ0) is 22.9. The Bertz CT molecular complexity index is 1520. The fraction of sp³-hybridized carbons (Fsp3) is 0.0400. The lowest BCUT2D eigenvalue weighted by molar-refractivity contribution is 0.628. The molecule has 2 N–H and O–H groups in total. The number of rotatable bonds is 4. The van der Waals surface area contributed by atoms with Gasteiger partial charge < -0.3 is 5.73 Å². The number of hydrogen-bond donors (Lipinski definition) is 1. The molecule has 0 saturated heterocycles. The third kappa shape index (κ3) is 3.67. The van der Waals surface area contributed by atoms with Crippen molar-refractivity contribution in [3.63, 3.8) is 0 Å². The molecule has 0 saturated carbocycles. The summed E-state index contributed by atoms with van der Waals surface area (Å²) < 4.78 is 15.4. The highest BCUT2D eigenvalue weighted by Crippen LogP contribution is 2.36. The van der Waals surface area contributed by atoms with Crippen molar-refractivity contribution in [2.24, 2.45) is 0 Å². The van der Waals surface area contributed by atoms with Crippen LogP contribution in [0.2, 0.25) is 0 Å². The zero-order valence-electron chi connectivity index (χ0n) is 17.2. The number of alkyl halides is 1. The molecular formula is C25H16ClFN6. The number of nitrogens with zero attached hydrogens (tertiary/aromatic N) is 5. The highest BCUT2D eigenvalue weighted by atomic mass is 35.5. The van der Waals surface area contributed by atoms with Gasteiger partial charge in [0.1, 0.15) is 11.6 Å². The lowest BCUT2D eigenvalue weighted by atomic mass is 10.1. The molecule has 0 unspecified atom stereocenters. The van der Waals surface area contributed by atoms with E-state index in [1.807, 2.05) is 34.9 Å². The Morgan fingerprint density at radius 3 is 2.45 bits per heavy atom. The second-order valence-corrected chi connectivity index (χ2v) is 7.59. The first-order valence-corrected chi connectivity index (χ1v) is 10.6. The number of fused-ring (bicyclic) bond motifs is 1. The van der Waals surface area contributed by atoms with Gasteiger partial charge in [-0.25, -0.2) is 24.2 Å². The van der Waals surface area contributed by atoms with Crippen molar-refractivity contribution in [3.05, 3.63) is 95.7 Å². The van der Waals surface area contributed by atoms with Crippen LogP contribution in [0.15, 0.2) is 72.9 Å². The number of halogens is 2. The Balaban J connectivity index is 1.84. The van der Waals surface area contributed by atoms with E-state index in [4.69, 9.17) is 33.9 Å². The minimum Gasteiger partial charge on any atom is -0.383 e. The second kappa shape index (κ2) is 8.34. The first kappa shape index (κ1) is 20.6. The normalized spacial score (nSPS) is 10.9. The highest BCUT2D eigenvalue weighted by Gasteiger charge is 2.20. The van der Waals surface area contributed by atoms with Crippen molar-refractivity contribution < 1.29 is 4.39 Å². The summed E-state index contributed by atoms with van der Waals surface area (Å²) in [6.07, 6.45) is 1.61. The number of nitrogen functional groups attached to an aromatic ring is 1. The lowest BCUT2D eigenvalue weighted by Crippen LogP contribution is -2.02. The SMILES string of the molecule is [C-]#[N+]c1cc2nc(-c3cccnc3N)n(-c3ccc(CCl)cc3)c2nc1-c1ccc(F)cc1. The van der Waals surface area contributed by atoms with Gasteiger partial charge in [0.05, 0.1) is 23.3 Å². The predicted octanol–water partition coefficient (Wildman–Crippen LogP) is 6.16. The van der Waals surface area contributed by atoms with E-state index < -0.39 is 0 Å². The zero-order valence-corrected chi connectivity index (χ0v) is 18.0. The van der Waals surface area contributed by atoms with Gasteiger partial charge in [-0.05, 0) is 53.6 Å². The van der Waals surface area contributed by atoms with Crippen molar-refractivity contribution >= 4 is 34.3 Å². The summed E-state index contributed by atoms with van der Waals surface area (Å²) in [5.74, 6) is 0.918. The minimum absolute atomic E-state index is 0.321. The summed E-state index contributed by atoms with van der Waals surface area (Å²) in [5.41, 5.74) is 11.1. The van der Waals surface area contributed by atoms with Gasteiger partial charge in [-0.3, -0.25) is 4.57 Å². The molecule has 0 atom stereocenters. The van der Waals surface area contributed by atoms with E-state index in [2.05, 4.69) is 9.83 Å². The molecule has 8 heteroatoms. The molecule has 0 amide bonds. The van der Waals surface area contributed by atoms with E-state index in [0.717, 1.165) is 11.3 Å². The molecule has 0 fully saturated rings. The summed E-state index contributed by atoms with van der Waals surface area (Å²) in [6, 6.07) is 18.9. The number of anilines is 1. The fourth-order valence-corrected chi connectivity index (χ4v) is 3.84. The average Bonchev–Trinajstić information content (AvgIpc) is 3.22. The Morgan fingerprint density at radius 1 is 1.03 bits per heavy atom. The van der Waals surface area contributed by atoms with Crippen LogP contribution < -0.4 is 5.73 Å². The largest absolute Gasteiger partial charge is 0.383 e. The Labute approximate surface area is 194 Å². The maximum absolute atomic E-state index is 13.5. The molecule has 0 aliphatic heterocycles. The maximum atomic E-state index is 13.5. The van der Waals surface area contributed by atoms with Crippen LogP contribution in [-0.4, -0.2) is 19.5 Å². The van der Waals surface area contributed by atoms with Gasteiger partial charge >= 0.3 is 0 Å². The van der Waals surface area contributed by atoms with Crippen LogP contribution in [0, 0.1) is 12.4 Å². The summed E-state index contributed by atoms with van der Waals surface area (Å²) in [7, 11) is 0. The number of pyridine rings is 2. The molecule has 3 aromatic heterocycles. The van der Waals surface area contributed by atoms with E-state index in [1.54, 1.807) is 30.5 Å². The van der Waals surface area contributed by atoms with Crippen LogP contribution in [0.1, 0.15) is 5.56 Å². The number of nitrogens with two attached hydrogens (primary N) is 1. The first-order valence-electron chi connectivity index (χ1n) is 10.0. The number of aromatic nitrogens is 4. The van der Waals surface area contributed by atoms with E-state index in [0.29, 0.717) is 51.2 Å². The van der Waals surface area contributed by atoms with Crippen molar-refractivity contribution in [3.8, 4) is 28.3 Å². The standard InChI is InChI=1S/C25H16ClFN6/c1-29-20-13-21-25(32-22(20)16-6-8-17(27)9-7-16)33(18-10-4-15(14-26)5-11-18)24(31-21)19-3-2-12-30-23(19)28/h2-13H,14H2,(H2,28,30). The molecule has 2 aromatic carbocycles.